The summed E-state index contributed by atoms with van der Waals surface area (Å²) in [4.78, 5) is 0. The normalized spacial score (nSPS) is 10.9. The second-order valence-corrected chi connectivity index (χ2v) is 7.85. The molecular weight excluding hydrogens is 369 g/mol. The molecule has 4 nitrogen and oxygen atoms in total. The van der Waals surface area contributed by atoms with Crippen LogP contribution in [0.5, 0.6) is 11.5 Å². The van der Waals surface area contributed by atoms with Crippen molar-refractivity contribution in [3.8, 4) is 17.6 Å². The van der Waals surface area contributed by atoms with Crippen LogP contribution in [0.1, 0.15) is 11.1 Å². The van der Waals surface area contributed by atoms with Crippen molar-refractivity contribution in [2.75, 3.05) is 5.75 Å². The van der Waals surface area contributed by atoms with Crippen LogP contribution in [0.3, 0.4) is 0 Å². The van der Waals surface area contributed by atoms with Gasteiger partial charge in [0, 0.05) is 10.4 Å². The molecule has 0 radical (unpaired) electrons. The van der Waals surface area contributed by atoms with Crippen molar-refractivity contribution in [3.05, 3.63) is 69.6 Å². The quantitative estimate of drug-likeness (QED) is 0.723. The summed E-state index contributed by atoms with van der Waals surface area (Å²) in [5.41, 5.74) is 1.12. The minimum Gasteiger partial charge on any atom is -0.456 e. The first-order chi connectivity index (χ1) is 11.3. The third-order valence-corrected chi connectivity index (χ3v) is 4.96. The highest BCUT2D eigenvalue weighted by Crippen LogP contribution is 2.32. The maximum Gasteiger partial charge on any atom is 0.171 e. The van der Waals surface area contributed by atoms with Crippen LogP contribution in [0.2, 0.25) is 10.0 Å². The van der Waals surface area contributed by atoms with Crippen LogP contribution >= 0.6 is 23.2 Å². The summed E-state index contributed by atoms with van der Waals surface area (Å²) in [5.74, 6) is 0.681. The van der Waals surface area contributed by atoms with E-state index in [1.807, 2.05) is 6.07 Å². The van der Waals surface area contributed by atoms with E-state index >= 15 is 0 Å². The zero-order chi connectivity index (χ0) is 17.7. The lowest BCUT2D eigenvalue weighted by Gasteiger charge is -2.10. The standard InChI is InChI=1S/C17H13Cl2NO3S/c1-2-24(21,22)6-5-12-3-4-16(19)17(9-12)23-15-8-13(11-20)7-14(18)10-15/h2-4,7-10H,1,5-6H2. The third-order valence-electron chi connectivity index (χ3n) is 3.15. The molecule has 0 spiro atoms. The van der Waals surface area contributed by atoms with Crippen molar-refractivity contribution in [3.63, 3.8) is 0 Å². The Kier molecular flexibility index (Phi) is 5.89. The van der Waals surface area contributed by atoms with E-state index in [-0.39, 0.29) is 5.75 Å². The molecule has 124 valence electrons. The van der Waals surface area contributed by atoms with Gasteiger partial charge in [0.1, 0.15) is 11.5 Å². The van der Waals surface area contributed by atoms with Gasteiger partial charge in [0.2, 0.25) is 0 Å². The van der Waals surface area contributed by atoms with E-state index in [9.17, 15) is 8.42 Å². The van der Waals surface area contributed by atoms with E-state index in [1.165, 1.54) is 12.1 Å². The molecule has 0 N–H and O–H groups in total. The van der Waals surface area contributed by atoms with Crippen LogP contribution in [-0.4, -0.2) is 14.2 Å². The van der Waals surface area contributed by atoms with Crippen molar-refractivity contribution in [2.45, 2.75) is 6.42 Å². The molecule has 24 heavy (non-hydrogen) atoms. The van der Waals surface area contributed by atoms with E-state index in [0.29, 0.717) is 33.5 Å². The van der Waals surface area contributed by atoms with Crippen molar-refractivity contribution >= 4 is 33.0 Å². The number of benzene rings is 2. The van der Waals surface area contributed by atoms with Gasteiger partial charge in [-0.2, -0.15) is 5.26 Å². The average molecular weight is 382 g/mol. The molecule has 2 aromatic rings. The third kappa shape index (κ3) is 5.00. The number of hydrogen-bond donors (Lipinski definition) is 0. The van der Waals surface area contributed by atoms with Crippen LogP contribution in [0.15, 0.2) is 48.4 Å². The van der Waals surface area contributed by atoms with Gasteiger partial charge in [0.05, 0.1) is 22.4 Å². The lowest BCUT2D eigenvalue weighted by Crippen LogP contribution is -2.04. The minimum atomic E-state index is -3.28. The topological polar surface area (TPSA) is 67.2 Å². The summed E-state index contributed by atoms with van der Waals surface area (Å²) >= 11 is 12.1. The fraction of sp³-hybridized carbons (Fsp3) is 0.118. The molecule has 0 fully saturated rings. The summed E-state index contributed by atoms with van der Waals surface area (Å²) in [6.45, 7) is 3.28. The molecule has 0 saturated heterocycles. The molecule has 0 amide bonds. The molecule has 7 heteroatoms. The number of nitriles is 1. The summed E-state index contributed by atoms with van der Waals surface area (Å²) in [5, 5.41) is 10.6. The Hall–Kier alpha value is -2.00. The van der Waals surface area contributed by atoms with Crippen LogP contribution in [0.4, 0.5) is 0 Å². The first-order valence-electron chi connectivity index (χ1n) is 6.85. The van der Waals surface area contributed by atoms with E-state index in [1.54, 1.807) is 24.3 Å². The molecule has 0 unspecified atom stereocenters. The Morgan fingerprint density at radius 3 is 2.62 bits per heavy atom. The monoisotopic (exact) mass is 381 g/mol. The number of hydrogen-bond acceptors (Lipinski definition) is 4. The van der Waals surface area contributed by atoms with Gasteiger partial charge < -0.3 is 4.74 Å². The highest BCUT2D eigenvalue weighted by molar-refractivity contribution is 7.94. The predicted octanol–water partition coefficient (Wildman–Crippen LogP) is 4.76. The maximum atomic E-state index is 11.5. The number of ether oxygens (including phenoxy) is 1. The molecule has 0 atom stereocenters. The molecule has 0 heterocycles. The fourth-order valence-electron chi connectivity index (χ4n) is 1.94. The van der Waals surface area contributed by atoms with Crippen LogP contribution in [0.25, 0.3) is 0 Å². The lowest BCUT2D eigenvalue weighted by atomic mass is 10.1. The molecule has 0 bridgehead atoms. The highest BCUT2D eigenvalue weighted by Gasteiger charge is 2.10. The maximum absolute atomic E-state index is 11.5. The first kappa shape index (κ1) is 18.3. The van der Waals surface area contributed by atoms with Gasteiger partial charge in [0.25, 0.3) is 0 Å². The van der Waals surface area contributed by atoms with E-state index in [2.05, 4.69) is 6.58 Å². The van der Waals surface area contributed by atoms with E-state index < -0.39 is 9.84 Å². The fourth-order valence-corrected chi connectivity index (χ4v) is 3.01. The zero-order valence-electron chi connectivity index (χ0n) is 12.5. The molecule has 2 rings (SSSR count). The van der Waals surface area contributed by atoms with E-state index in [4.69, 9.17) is 33.2 Å². The Bertz CT molecular complexity index is 918. The van der Waals surface area contributed by atoms with Crippen molar-refractivity contribution in [1.82, 2.24) is 0 Å². The molecule has 0 aliphatic carbocycles. The molecule has 0 saturated carbocycles. The highest BCUT2D eigenvalue weighted by atomic mass is 35.5. The van der Waals surface area contributed by atoms with Gasteiger partial charge in [-0.25, -0.2) is 8.42 Å². The summed E-state index contributed by atoms with van der Waals surface area (Å²) < 4.78 is 28.7. The second-order valence-electron chi connectivity index (χ2n) is 4.94. The molecule has 0 aliphatic rings. The minimum absolute atomic E-state index is 0.0483. The van der Waals surface area contributed by atoms with Gasteiger partial charge in [-0.1, -0.05) is 35.8 Å². The number of nitrogens with zero attached hydrogens (tertiary/aromatic N) is 1. The molecule has 0 aromatic heterocycles. The van der Waals surface area contributed by atoms with Crippen molar-refractivity contribution < 1.29 is 13.2 Å². The van der Waals surface area contributed by atoms with E-state index in [0.717, 1.165) is 11.0 Å². The van der Waals surface area contributed by atoms with Gasteiger partial charge in [-0.05, 0) is 42.3 Å². The Balaban J connectivity index is 2.25. The smallest absolute Gasteiger partial charge is 0.171 e. The van der Waals surface area contributed by atoms with Crippen molar-refractivity contribution in [1.29, 1.82) is 5.26 Å². The van der Waals surface area contributed by atoms with Gasteiger partial charge in [-0.15, -0.1) is 0 Å². The van der Waals surface area contributed by atoms with Crippen LogP contribution < -0.4 is 4.74 Å². The van der Waals surface area contributed by atoms with Gasteiger partial charge >= 0.3 is 0 Å². The summed E-state index contributed by atoms with van der Waals surface area (Å²) in [6, 6.07) is 11.6. The SMILES string of the molecule is C=CS(=O)(=O)CCc1ccc(Cl)c(Oc2cc(Cl)cc(C#N)c2)c1. The lowest BCUT2D eigenvalue weighted by molar-refractivity contribution is 0.482. The van der Waals surface area contributed by atoms with Crippen LogP contribution in [-0.2, 0) is 16.3 Å². The number of sulfone groups is 1. The average Bonchev–Trinajstić information content (AvgIpc) is 2.55. The predicted molar refractivity (Wildman–Crippen MR) is 95.4 cm³/mol. The molecule has 0 aliphatic heterocycles. The van der Waals surface area contributed by atoms with Gasteiger partial charge in [-0.3, -0.25) is 0 Å². The second kappa shape index (κ2) is 7.71. The Labute approximate surface area is 150 Å². The molecule has 2 aromatic carbocycles. The Morgan fingerprint density at radius 1 is 1.21 bits per heavy atom. The number of aryl methyl sites for hydroxylation is 1. The number of rotatable bonds is 6. The molecular formula is C17H13Cl2NO3S. The zero-order valence-corrected chi connectivity index (χ0v) is 14.8. The largest absolute Gasteiger partial charge is 0.456 e. The summed E-state index contributed by atoms with van der Waals surface area (Å²) in [6.07, 6.45) is 0.306. The van der Waals surface area contributed by atoms with Gasteiger partial charge in [0.15, 0.2) is 9.84 Å². The van der Waals surface area contributed by atoms with Crippen LogP contribution in [0, 0.1) is 11.3 Å². The number of halogens is 2. The first-order valence-corrected chi connectivity index (χ1v) is 9.32. The Morgan fingerprint density at radius 2 is 1.96 bits per heavy atom. The van der Waals surface area contributed by atoms with Crippen molar-refractivity contribution in [2.24, 2.45) is 0 Å². The summed E-state index contributed by atoms with van der Waals surface area (Å²) in [7, 11) is -3.28.